The first kappa shape index (κ1) is 12.2. The Morgan fingerprint density at radius 3 is 2.67 bits per heavy atom. The van der Waals surface area contributed by atoms with Crippen LogP contribution < -0.4 is 5.32 Å². The monoisotopic (exact) mass is 210 g/mol. The molecule has 1 aromatic rings. The standard InChI is InChI=1S/C12H22N2O/c1-5-6-10(4)13-8-11-7-12(9(2)3)14-15-11/h7,9-10,13H,5-6,8H2,1-4H3. The minimum Gasteiger partial charge on any atom is -0.360 e. The van der Waals surface area contributed by atoms with Gasteiger partial charge in [0.05, 0.1) is 12.2 Å². The molecule has 1 heterocycles. The lowest BCUT2D eigenvalue weighted by Crippen LogP contribution is -2.24. The average Bonchev–Trinajstić information content (AvgIpc) is 2.63. The normalized spacial score (nSPS) is 13.4. The van der Waals surface area contributed by atoms with Crippen LogP contribution in [0.15, 0.2) is 10.6 Å². The molecule has 0 aliphatic rings. The Labute approximate surface area is 92.2 Å². The van der Waals surface area contributed by atoms with Crippen LogP contribution in [0.1, 0.15) is 57.9 Å². The molecule has 3 heteroatoms. The summed E-state index contributed by atoms with van der Waals surface area (Å²) in [6.45, 7) is 9.41. The van der Waals surface area contributed by atoms with E-state index in [1.165, 1.54) is 12.8 Å². The lowest BCUT2D eigenvalue weighted by Gasteiger charge is -2.10. The van der Waals surface area contributed by atoms with Gasteiger partial charge in [0.1, 0.15) is 0 Å². The minimum absolute atomic E-state index is 0.440. The van der Waals surface area contributed by atoms with Crippen molar-refractivity contribution in [1.29, 1.82) is 0 Å². The second kappa shape index (κ2) is 5.91. The maximum atomic E-state index is 5.24. The molecule has 3 nitrogen and oxygen atoms in total. The molecule has 0 aromatic carbocycles. The molecule has 1 unspecified atom stereocenters. The zero-order chi connectivity index (χ0) is 11.3. The third-order valence-corrected chi connectivity index (χ3v) is 2.52. The smallest absolute Gasteiger partial charge is 0.150 e. The summed E-state index contributed by atoms with van der Waals surface area (Å²) in [4.78, 5) is 0. The van der Waals surface area contributed by atoms with Crippen molar-refractivity contribution in [3.63, 3.8) is 0 Å². The van der Waals surface area contributed by atoms with Gasteiger partial charge in [0.15, 0.2) is 5.76 Å². The molecule has 1 rings (SSSR count). The van der Waals surface area contributed by atoms with Gasteiger partial charge in [-0.15, -0.1) is 0 Å². The highest BCUT2D eigenvalue weighted by Gasteiger charge is 2.08. The quantitative estimate of drug-likeness (QED) is 0.784. The van der Waals surface area contributed by atoms with Gasteiger partial charge >= 0.3 is 0 Å². The van der Waals surface area contributed by atoms with E-state index in [-0.39, 0.29) is 0 Å². The second-order valence-electron chi connectivity index (χ2n) is 4.44. The molecule has 0 saturated carbocycles. The van der Waals surface area contributed by atoms with Crippen LogP contribution in [0, 0.1) is 0 Å². The molecule has 0 spiro atoms. The first-order chi connectivity index (χ1) is 7.13. The first-order valence-electron chi connectivity index (χ1n) is 5.82. The fraction of sp³-hybridized carbons (Fsp3) is 0.750. The topological polar surface area (TPSA) is 38.1 Å². The van der Waals surface area contributed by atoms with E-state index >= 15 is 0 Å². The van der Waals surface area contributed by atoms with Crippen molar-refractivity contribution >= 4 is 0 Å². The second-order valence-corrected chi connectivity index (χ2v) is 4.44. The molecule has 1 atom stereocenters. The highest BCUT2D eigenvalue weighted by molar-refractivity contribution is 5.08. The highest BCUT2D eigenvalue weighted by atomic mass is 16.5. The predicted molar refractivity (Wildman–Crippen MR) is 61.8 cm³/mol. The van der Waals surface area contributed by atoms with E-state index in [2.05, 4.69) is 38.2 Å². The van der Waals surface area contributed by atoms with E-state index in [1.54, 1.807) is 0 Å². The Kier molecular flexibility index (Phi) is 4.82. The fourth-order valence-corrected chi connectivity index (χ4v) is 1.49. The molecular weight excluding hydrogens is 188 g/mol. The molecule has 0 aliphatic carbocycles. The van der Waals surface area contributed by atoms with Crippen molar-refractivity contribution in [2.75, 3.05) is 0 Å². The van der Waals surface area contributed by atoms with Gasteiger partial charge in [-0.3, -0.25) is 0 Å². The molecule has 15 heavy (non-hydrogen) atoms. The number of aromatic nitrogens is 1. The molecular formula is C12H22N2O. The minimum atomic E-state index is 0.440. The van der Waals surface area contributed by atoms with Crippen LogP contribution in [-0.2, 0) is 6.54 Å². The molecule has 86 valence electrons. The molecule has 0 aliphatic heterocycles. The van der Waals surface area contributed by atoms with Gasteiger partial charge < -0.3 is 9.84 Å². The summed E-state index contributed by atoms with van der Waals surface area (Å²) in [5.41, 5.74) is 1.04. The third-order valence-electron chi connectivity index (χ3n) is 2.52. The van der Waals surface area contributed by atoms with Crippen molar-refractivity contribution in [1.82, 2.24) is 10.5 Å². The summed E-state index contributed by atoms with van der Waals surface area (Å²) in [5, 5.41) is 7.44. The van der Waals surface area contributed by atoms with Gasteiger partial charge in [0.2, 0.25) is 0 Å². The van der Waals surface area contributed by atoms with Crippen LogP contribution in [0.3, 0.4) is 0 Å². The first-order valence-corrected chi connectivity index (χ1v) is 5.82. The van der Waals surface area contributed by atoms with E-state index in [1.807, 2.05) is 6.07 Å². The molecule has 1 aromatic heterocycles. The third kappa shape index (κ3) is 4.04. The summed E-state index contributed by atoms with van der Waals surface area (Å²) < 4.78 is 5.24. The van der Waals surface area contributed by atoms with E-state index < -0.39 is 0 Å². The van der Waals surface area contributed by atoms with E-state index in [9.17, 15) is 0 Å². The van der Waals surface area contributed by atoms with Crippen LogP contribution in [-0.4, -0.2) is 11.2 Å². The molecule has 0 bridgehead atoms. The van der Waals surface area contributed by atoms with Crippen LogP contribution >= 0.6 is 0 Å². The van der Waals surface area contributed by atoms with E-state index in [0.29, 0.717) is 12.0 Å². The van der Waals surface area contributed by atoms with Crippen LogP contribution in [0.5, 0.6) is 0 Å². The number of hydrogen-bond acceptors (Lipinski definition) is 3. The van der Waals surface area contributed by atoms with Crippen LogP contribution in [0.4, 0.5) is 0 Å². The number of rotatable bonds is 6. The van der Waals surface area contributed by atoms with Gasteiger partial charge in [0, 0.05) is 12.1 Å². The lowest BCUT2D eigenvalue weighted by molar-refractivity contribution is 0.356. The molecule has 0 saturated heterocycles. The van der Waals surface area contributed by atoms with Crippen molar-refractivity contribution < 1.29 is 4.52 Å². The lowest BCUT2D eigenvalue weighted by atomic mass is 10.1. The van der Waals surface area contributed by atoms with Gasteiger partial charge in [-0.1, -0.05) is 32.3 Å². The van der Waals surface area contributed by atoms with E-state index in [4.69, 9.17) is 4.52 Å². The molecule has 0 radical (unpaired) electrons. The maximum Gasteiger partial charge on any atom is 0.150 e. The Bertz CT molecular complexity index is 281. The SMILES string of the molecule is CCCC(C)NCc1cc(C(C)C)no1. The van der Waals surface area contributed by atoms with Crippen molar-refractivity contribution in [3.05, 3.63) is 17.5 Å². The Morgan fingerprint density at radius 2 is 2.13 bits per heavy atom. The van der Waals surface area contributed by atoms with Crippen LogP contribution in [0.2, 0.25) is 0 Å². The summed E-state index contributed by atoms with van der Waals surface area (Å²) in [6.07, 6.45) is 2.41. The summed E-state index contributed by atoms with van der Waals surface area (Å²) >= 11 is 0. The van der Waals surface area contributed by atoms with Crippen molar-refractivity contribution in [2.45, 2.75) is 59.0 Å². The zero-order valence-corrected chi connectivity index (χ0v) is 10.2. The number of nitrogens with one attached hydrogen (secondary N) is 1. The average molecular weight is 210 g/mol. The van der Waals surface area contributed by atoms with Gasteiger partial charge in [-0.05, 0) is 19.3 Å². The Balaban J connectivity index is 2.37. The van der Waals surface area contributed by atoms with Gasteiger partial charge in [0.25, 0.3) is 0 Å². The number of hydrogen-bond donors (Lipinski definition) is 1. The molecule has 0 amide bonds. The maximum absolute atomic E-state index is 5.24. The highest BCUT2D eigenvalue weighted by Crippen LogP contribution is 2.13. The Hall–Kier alpha value is -0.830. The van der Waals surface area contributed by atoms with Gasteiger partial charge in [-0.25, -0.2) is 0 Å². The van der Waals surface area contributed by atoms with E-state index in [0.717, 1.165) is 18.0 Å². The Morgan fingerprint density at radius 1 is 1.40 bits per heavy atom. The van der Waals surface area contributed by atoms with Crippen molar-refractivity contribution in [3.8, 4) is 0 Å². The van der Waals surface area contributed by atoms with Crippen LogP contribution in [0.25, 0.3) is 0 Å². The van der Waals surface area contributed by atoms with Gasteiger partial charge in [-0.2, -0.15) is 0 Å². The zero-order valence-electron chi connectivity index (χ0n) is 10.2. The van der Waals surface area contributed by atoms with Crippen molar-refractivity contribution in [2.24, 2.45) is 0 Å². The molecule has 0 fully saturated rings. The summed E-state index contributed by atoms with van der Waals surface area (Å²) in [5.74, 6) is 1.37. The molecule has 1 N–H and O–H groups in total. The number of nitrogens with zero attached hydrogens (tertiary/aromatic N) is 1. The largest absolute Gasteiger partial charge is 0.360 e. The summed E-state index contributed by atoms with van der Waals surface area (Å²) in [7, 11) is 0. The summed E-state index contributed by atoms with van der Waals surface area (Å²) in [6, 6.07) is 2.58. The predicted octanol–water partition coefficient (Wildman–Crippen LogP) is 3.08. The fourth-order valence-electron chi connectivity index (χ4n) is 1.49.